The van der Waals surface area contributed by atoms with E-state index in [0.29, 0.717) is 22.3 Å². The van der Waals surface area contributed by atoms with Crippen molar-refractivity contribution in [3.8, 4) is 23.0 Å². The molecule has 0 fully saturated rings. The van der Waals surface area contributed by atoms with Gasteiger partial charge in [-0.3, -0.25) is 9.59 Å². The number of ether oxygens (including phenoxy) is 1. The Bertz CT molecular complexity index is 1260. The van der Waals surface area contributed by atoms with E-state index in [0.717, 1.165) is 0 Å². The van der Waals surface area contributed by atoms with Crippen LogP contribution in [0.25, 0.3) is 28.2 Å². The van der Waals surface area contributed by atoms with Crippen LogP contribution in [0.15, 0.2) is 53.3 Å². The summed E-state index contributed by atoms with van der Waals surface area (Å²) >= 11 is 0. The van der Waals surface area contributed by atoms with E-state index >= 15 is 0 Å². The predicted molar refractivity (Wildman–Crippen MR) is 105 cm³/mol. The van der Waals surface area contributed by atoms with Crippen LogP contribution in [0.4, 0.5) is 0 Å². The first kappa shape index (κ1) is 18.4. The number of aromatic amines is 1. The maximum Gasteiger partial charge on any atom is 0.313 e. The first-order valence-electron chi connectivity index (χ1n) is 8.81. The molecule has 1 atom stereocenters. The summed E-state index contributed by atoms with van der Waals surface area (Å²) in [4.78, 5) is 35.8. The van der Waals surface area contributed by atoms with Crippen LogP contribution in [0.3, 0.4) is 0 Å². The average Bonchev–Trinajstić information content (AvgIpc) is 3.17. The number of H-pyrrole nitrogens is 1. The summed E-state index contributed by atoms with van der Waals surface area (Å²) in [5, 5.41) is 13.9. The third-order valence-electron chi connectivity index (χ3n) is 4.52. The largest absolute Gasteiger partial charge is 0.497 e. The fraction of sp³-hybridized carbons (Fsp3) is 0.150. The second kappa shape index (κ2) is 7.19. The number of nitrogens with zero attached hydrogens (tertiary/aromatic N) is 4. The minimum Gasteiger partial charge on any atom is -0.497 e. The lowest BCUT2D eigenvalue weighted by atomic mass is 10.1. The summed E-state index contributed by atoms with van der Waals surface area (Å²) in [7, 11) is 1.56. The zero-order valence-corrected chi connectivity index (χ0v) is 15.7. The molecule has 0 amide bonds. The number of benzene rings is 2. The molecule has 4 rings (SSSR count). The molecule has 0 bridgehead atoms. The highest BCUT2D eigenvalue weighted by Gasteiger charge is 2.25. The van der Waals surface area contributed by atoms with Crippen molar-refractivity contribution in [2.75, 3.05) is 7.11 Å². The Morgan fingerprint density at radius 1 is 1.14 bits per heavy atom. The molecule has 2 aromatic carbocycles. The van der Waals surface area contributed by atoms with E-state index in [2.05, 4.69) is 20.1 Å². The molecular formula is C20H17N5O4. The van der Waals surface area contributed by atoms with Crippen LogP contribution in [-0.2, 0) is 4.79 Å². The van der Waals surface area contributed by atoms with Gasteiger partial charge >= 0.3 is 5.97 Å². The molecule has 0 aliphatic heterocycles. The Balaban J connectivity index is 1.91. The lowest BCUT2D eigenvalue weighted by Gasteiger charge is -2.08. The van der Waals surface area contributed by atoms with Gasteiger partial charge in [-0.1, -0.05) is 12.1 Å². The predicted octanol–water partition coefficient (Wildman–Crippen LogP) is 2.37. The molecule has 29 heavy (non-hydrogen) atoms. The summed E-state index contributed by atoms with van der Waals surface area (Å²) in [6, 6.07) is 14.1. The lowest BCUT2D eigenvalue weighted by Crippen LogP contribution is -2.22. The first-order valence-corrected chi connectivity index (χ1v) is 8.81. The van der Waals surface area contributed by atoms with Gasteiger partial charge in [0.1, 0.15) is 17.5 Å². The van der Waals surface area contributed by atoms with Crippen LogP contribution in [0.1, 0.15) is 18.7 Å². The third-order valence-corrected chi connectivity index (χ3v) is 4.52. The Labute approximate surface area is 164 Å². The van der Waals surface area contributed by atoms with E-state index in [-0.39, 0.29) is 17.5 Å². The Hall–Kier alpha value is -4.01. The number of nitrogens with one attached hydrogen (secondary N) is 1. The van der Waals surface area contributed by atoms with E-state index in [1.54, 1.807) is 55.6 Å². The van der Waals surface area contributed by atoms with Crippen LogP contribution < -0.4 is 10.3 Å². The van der Waals surface area contributed by atoms with Crippen LogP contribution in [0, 0.1) is 0 Å². The average molecular weight is 391 g/mol. The molecule has 4 aromatic rings. The van der Waals surface area contributed by atoms with Crippen molar-refractivity contribution in [2.24, 2.45) is 0 Å². The summed E-state index contributed by atoms with van der Waals surface area (Å²) in [5.74, 6) is -1.07. The van der Waals surface area contributed by atoms with E-state index in [1.807, 2.05) is 0 Å². The zero-order valence-electron chi connectivity index (χ0n) is 15.7. The summed E-state index contributed by atoms with van der Waals surface area (Å²) in [6.45, 7) is 1.48. The fourth-order valence-electron chi connectivity index (χ4n) is 2.90. The van der Waals surface area contributed by atoms with Crippen LogP contribution in [0.2, 0.25) is 0 Å². The van der Waals surface area contributed by atoms with Gasteiger partial charge in [-0.05, 0) is 43.3 Å². The molecule has 0 radical (unpaired) electrons. The molecule has 1 unspecified atom stereocenters. The van der Waals surface area contributed by atoms with Crippen molar-refractivity contribution in [3.05, 3.63) is 64.7 Å². The standard InChI is InChI=1S/C20H17N5O4/c1-11(20(27)28)17-23-16(12-7-9-13(29-2)10-8-12)24-25(17)18-19(26)22-15-6-4-3-5-14(15)21-18/h3-11H,1-2H3,(H,22,26)(H,27,28). The summed E-state index contributed by atoms with van der Waals surface area (Å²) in [6.07, 6.45) is 0. The molecular weight excluding hydrogens is 374 g/mol. The normalized spacial score (nSPS) is 12.1. The van der Waals surface area contributed by atoms with Gasteiger partial charge in [0.15, 0.2) is 5.82 Å². The highest BCUT2D eigenvalue weighted by molar-refractivity contribution is 5.76. The van der Waals surface area contributed by atoms with Gasteiger partial charge in [0.05, 0.1) is 18.1 Å². The number of rotatable bonds is 5. The highest BCUT2D eigenvalue weighted by Crippen LogP contribution is 2.24. The summed E-state index contributed by atoms with van der Waals surface area (Å²) < 4.78 is 6.35. The molecule has 9 nitrogen and oxygen atoms in total. The second-order valence-corrected chi connectivity index (χ2v) is 6.40. The van der Waals surface area contributed by atoms with Gasteiger partial charge in [-0.2, -0.15) is 4.68 Å². The monoisotopic (exact) mass is 391 g/mol. The van der Waals surface area contributed by atoms with Crippen molar-refractivity contribution in [3.63, 3.8) is 0 Å². The number of hydrogen-bond donors (Lipinski definition) is 2. The maximum atomic E-state index is 12.6. The van der Waals surface area contributed by atoms with Crippen LogP contribution >= 0.6 is 0 Å². The van der Waals surface area contributed by atoms with Crippen LogP contribution in [-0.4, -0.2) is 42.9 Å². The van der Waals surface area contributed by atoms with Crippen molar-refractivity contribution in [2.45, 2.75) is 12.8 Å². The van der Waals surface area contributed by atoms with Gasteiger partial charge in [0.2, 0.25) is 5.82 Å². The SMILES string of the molecule is COc1ccc(-c2nc(C(C)C(=O)O)n(-c3nc4ccccc4[nH]c3=O)n2)cc1. The third kappa shape index (κ3) is 3.33. The van der Waals surface area contributed by atoms with Crippen LogP contribution in [0.5, 0.6) is 5.75 Å². The number of methoxy groups -OCH3 is 1. The molecule has 0 saturated carbocycles. The quantitative estimate of drug-likeness (QED) is 0.535. The number of carbonyl (C=O) groups is 1. The zero-order chi connectivity index (χ0) is 20.5. The first-order chi connectivity index (χ1) is 14.0. The number of fused-ring (bicyclic) bond motifs is 1. The molecule has 2 aromatic heterocycles. The minimum absolute atomic E-state index is 0.0425. The number of para-hydroxylation sites is 2. The smallest absolute Gasteiger partial charge is 0.313 e. The number of carboxylic acids is 1. The van der Waals surface area contributed by atoms with Gasteiger partial charge in [0.25, 0.3) is 5.56 Å². The molecule has 0 aliphatic rings. The van der Waals surface area contributed by atoms with Gasteiger partial charge < -0.3 is 14.8 Å². The van der Waals surface area contributed by atoms with E-state index < -0.39 is 17.4 Å². The number of carboxylic acid groups (broad SMARTS) is 1. The minimum atomic E-state index is -1.09. The van der Waals surface area contributed by atoms with E-state index in [9.17, 15) is 14.7 Å². The Morgan fingerprint density at radius 3 is 2.55 bits per heavy atom. The van der Waals surface area contributed by atoms with E-state index in [4.69, 9.17) is 4.74 Å². The van der Waals surface area contributed by atoms with Gasteiger partial charge in [-0.25, -0.2) is 9.97 Å². The second-order valence-electron chi connectivity index (χ2n) is 6.40. The Kier molecular flexibility index (Phi) is 4.55. The van der Waals surface area contributed by atoms with Crippen molar-refractivity contribution in [1.29, 1.82) is 0 Å². The highest BCUT2D eigenvalue weighted by atomic mass is 16.5. The molecule has 0 saturated heterocycles. The number of hydrogen-bond acceptors (Lipinski definition) is 6. The molecule has 2 heterocycles. The lowest BCUT2D eigenvalue weighted by molar-refractivity contribution is -0.138. The molecule has 146 valence electrons. The topological polar surface area (TPSA) is 123 Å². The fourth-order valence-corrected chi connectivity index (χ4v) is 2.90. The molecule has 9 heteroatoms. The van der Waals surface area contributed by atoms with Crippen molar-refractivity contribution < 1.29 is 14.6 Å². The van der Waals surface area contributed by atoms with Crippen molar-refractivity contribution >= 4 is 17.0 Å². The summed E-state index contributed by atoms with van der Waals surface area (Å²) in [5.41, 5.74) is 1.29. The number of aromatic nitrogens is 5. The van der Waals surface area contributed by atoms with Crippen molar-refractivity contribution in [1.82, 2.24) is 24.7 Å². The van der Waals surface area contributed by atoms with Gasteiger partial charge in [0, 0.05) is 5.56 Å². The molecule has 0 aliphatic carbocycles. The number of aliphatic carboxylic acids is 1. The molecule has 2 N–H and O–H groups in total. The molecule has 0 spiro atoms. The van der Waals surface area contributed by atoms with E-state index in [1.165, 1.54) is 11.6 Å². The van der Waals surface area contributed by atoms with Gasteiger partial charge in [-0.15, -0.1) is 5.10 Å². The Morgan fingerprint density at radius 2 is 1.86 bits per heavy atom. The maximum absolute atomic E-state index is 12.6.